The lowest BCUT2D eigenvalue weighted by Gasteiger charge is -2.11. The number of carbonyl (C=O) groups is 1. The van der Waals surface area contributed by atoms with E-state index in [1.807, 2.05) is 0 Å². The summed E-state index contributed by atoms with van der Waals surface area (Å²) in [6.07, 6.45) is 28.1. The van der Waals surface area contributed by atoms with Crippen molar-refractivity contribution in [2.24, 2.45) is 5.92 Å². The molecule has 28 heavy (non-hydrogen) atoms. The van der Waals surface area contributed by atoms with Gasteiger partial charge in [0, 0.05) is 5.88 Å². The summed E-state index contributed by atoms with van der Waals surface area (Å²) in [6.45, 7) is 2.27. The third-order valence-electron chi connectivity index (χ3n) is 5.60. The van der Waals surface area contributed by atoms with Gasteiger partial charge >= 0.3 is 5.97 Å². The molecule has 1 unspecified atom stereocenters. The second-order valence-corrected chi connectivity index (χ2v) is 8.68. The van der Waals surface area contributed by atoms with Gasteiger partial charge < -0.3 is 5.11 Å². The van der Waals surface area contributed by atoms with E-state index in [1.54, 1.807) is 0 Å². The van der Waals surface area contributed by atoms with Crippen LogP contribution in [0.4, 0.5) is 0 Å². The Labute approximate surface area is 180 Å². The summed E-state index contributed by atoms with van der Waals surface area (Å²) in [5.41, 5.74) is 0. The number of unbranched alkanes of at least 4 members (excludes halogenated alkanes) is 14. The molecule has 0 saturated heterocycles. The number of aliphatic carboxylic acids is 1. The Bertz CT molecular complexity index is 354. The second kappa shape index (κ2) is 22.8. The maximum Gasteiger partial charge on any atom is 0.306 e. The van der Waals surface area contributed by atoms with Gasteiger partial charge in [-0.1, -0.05) is 96.1 Å². The molecule has 0 amide bonds. The van der Waals surface area contributed by atoms with E-state index in [2.05, 4.69) is 19.1 Å². The highest BCUT2D eigenvalue weighted by atomic mass is 35.5. The van der Waals surface area contributed by atoms with E-state index >= 15 is 0 Å². The van der Waals surface area contributed by atoms with Gasteiger partial charge in [0.25, 0.3) is 0 Å². The standard InChI is InChI=1S/C25H47ClO2/c1-2-3-4-5-6-7-8-9-10-11-12-13-14-15-16-17-18-19-21-24(25(27)28)22-20-23-26/h9-10,24H,2-8,11-23H2,1H3,(H,27,28)/b10-9-. The molecule has 0 heterocycles. The molecule has 0 fully saturated rings. The molecule has 3 heteroatoms. The molecule has 0 aliphatic rings. The van der Waals surface area contributed by atoms with Crippen molar-refractivity contribution < 1.29 is 9.90 Å². The lowest BCUT2D eigenvalue weighted by atomic mass is 9.96. The molecule has 2 nitrogen and oxygen atoms in total. The first-order valence-corrected chi connectivity index (χ1v) is 12.7. The topological polar surface area (TPSA) is 37.3 Å². The number of alkyl halides is 1. The highest BCUT2D eigenvalue weighted by molar-refractivity contribution is 6.17. The predicted octanol–water partition coefficient (Wildman–Crippen LogP) is 8.91. The van der Waals surface area contributed by atoms with Crippen molar-refractivity contribution in [3.8, 4) is 0 Å². The summed E-state index contributed by atoms with van der Waals surface area (Å²) in [5, 5.41) is 9.20. The Morgan fingerprint density at radius 2 is 1.14 bits per heavy atom. The summed E-state index contributed by atoms with van der Waals surface area (Å²) >= 11 is 5.67. The maximum absolute atomic E-state index is 11.2. The van der Waals surface area contributed by atoms with Crippen molar-refractivity contribution in [2.45, 2.75) is 129 Å². The highest BCUT2D eigenvalue weighted by Gasteiger charge is 2.15. The van der Waals surface area contributed by atoms with Gasteiger partial charge in [-0.15, -0.1) is 11.6 Å². The maximum atomic E-state index is 11.2. The number of allylic oxidation sites excluding steroid dienone is 2. The van der Waals surface area contributed by atoms with Crippen molar-refractivity contribution in [1.82, 2.24) is 0 Å². The van der Waals surface area contributed by atoms with Crippen molar-refractivity contribution in [1.29, 1.82) is 0 Å². The van der Waals surface area contributed by atoms with Crippen LogP contribution in [0.25, 0.3) is 0 Å². The van der Waals surface area contributed by atoms with E-state index in [9.17, 15) is 9.90 Å². The fourth-order valence-corrected chi connectivity index (χ4v) is 3.86. The van der Waals surface area contributed by atoms with Crippen LogP contribution in [0.1, 0.15) is 129 Å². The largest absolute Gasteiger partial charge is 0.481 e. The van der Waals surface area contributed by atoms with Gasteiger partial charge in [-0.3, -0.25) is 4.79 Å². The Hall–Kier alpha value is -0.500. The van der Waals surface area contributed by atoms with Gasteiger partial charge in [0.2, 0.25) is 0 Å². The van der Waals surface area contributed by atoms with Crippen LogP contribution in [0.5, 0.6) is 0 Å². The van der Waals surface area contributed by atoms with E-state index in [-0.39, 0.29) is 5.92 Å². The number of rotatable bonds is 22. The van der Waals surface area contributed by atoms with Gasteiger partial charge in [0.15, 0.2) is 0 Å². The SMILES string of the molecule is CCCCCCCC/C=C\CCCCCCCCCCC(CCCCl)C(=O)O. The summed E-state index contributed by atoms with van der Waals surface area (Å²) in [5.74, 6) is -0.266. The van der Waals surface area contributed by atoms with E-state index < -0.39 is 5.97 Å². The van der Waals surface area contributed by atoms with Crippen molar-refractivity contribution in [2.75, 3.05) is 5.88 Å². The van der Waals surface area contributed by atoms with Crippen LogP contribution >= 0.6 is 11.6 Å². The Balaban J connectivity index is 3.28. The molecule has 0 radical (unpaired) electrons. The second-order valence-electron chi connectivity index (χ2n) is 8.30. The fraction of sp³-hybridized carbons (Fsp3) is 0.880. The molecular formula is C25H47ClO2. The van der Waals surface area contributed by atoms with Crippen LogP contribution in [0.15, 0.2) is 12.2 Å². The van der Waals surface area contributed by atoms with Crippen LogP contribution in [0.2, 0.25) is 0 Å². The molecule has 0 aromatic rings. The molecule has 0 aliphatic heterocycles. The van der Waals surface area contributed by atoms with Crippen LogP contribution in [0, 0.1) is 5.92 Å². The predicted molar refractivity (Wildman–Crippen MR) is 124 cm³/mol. The van der Waals surface area contributed by atoms with Gasteiger partial charge in [0.05, 0.1) is 5.92 Å². The third kappa shape index (κ3) is 20.2. The summed E-state index contributed by atoms with van der Waals surface area (Å²) in [6, 6.07) is 0. The normalized spacial score (nSPS) is 12.6. The molecule has 1 N–H and O–H groups in total. The zero-order chi connectivity index (χ0) is 20.7. The molecule has 0 saturated carbocycles. The molecule has 0 rings (SSSR count). The lowest BCUT2D eigenvalue weighted by molar-refractivity contribution is -0.142. The number of carboxylic acid groups (broad SMARTS) is 1. The molecule has 1 atom stereocenters. The molecule has 166 valence electrons. The minimum Gasteiger partial charge on any atom is -0.481 e. The molecule has 0 bridgehead atoms. The molecule has 0 aromatic heterocycles. The number of halogens is 1. The quantitative estimate of drug-likeness (QED) is 0.109. The first-order valence-electron chi connectivity index (χ1n) is 12.2. The van der Waals surface area contributed by atoms with E-state index in [0.29, 0.717) is 5.88 Å². The Morgan fingerprint density at radius 3 is 1.61 bits per heavy atom. The summed E-state index contributed by atoms with van der Waals surface area (Å²) < 4.78 is 0. The van der Waals surface area contributed by atoms with Crippen LogP contribution < -0.4 is 0 Å². The smallest absolute Gasteiger partial charge is 0.306 e. The van der Waals surface area contributed by atoms with E-state index in [1.165, 1.54) is 96.3 Å². The molecule has 0 aromatic carbocycles. The monoisotopic (exact) mass is 414 g/mol. The van der Waals surface area contributed by atoms with Gasteiger partial charge in [0.1, 0.15) is 0 Å². The van der Waals surface area contributed by atoms with Gasteiger partial charge in [-0.25, -0.2) is 0 Å². The van der Waals surface area contributed by atoms with Crippen molar-refractivity contribution in [3.05, 3.63) is 12.2 Å². The molecule has 0 aliphatic carbocycles. The van der Waals surface area contributed by atoms with E-state index in [4.69, 9.17) is 11.6 Å². The molecule has 0 spiro atoms. The van der Waals surface area contributed by atoms with E-state index in [0.717, 1.165) is 25.7 Å². The molecular weight excluding hydrogens is 368 g/mol. The first kappa shape index (κ1) is 27.5. The minimum atomic E-state index is -0.647. The minimum absolute atomic E-state index is 0.187. The average Bonchev–Trinajstić information content (AvgIpc) is 2.69. The highest BCUT2D eigenvalue weighted by Crippen LogP contribution is 2.18. The number of hydrogen-bond acceptors (Lipinski definition) is 1. The fourth-order valence-electron chi connectivity index (χ4n) is 3.71. The van der Waals surface area contributed by atoms with Gasteiger partial charge in [-0.2, -0.15) is 0 Å². The zero-order valence-corrected chi connectivity index (χ0v) is 19.4. The Kier molecular flexibility index (Phi) is 22.4. The lowest BCUT2D eigenvalue weighted by Crippen LogP contribution is -2.13. The number of carboxylic acids is 1. The van der Waals surface area contributed by atoms with Crippen LogP contribution in [-0.4, -0.2) is 17.0 Å². The van der Waals surface area contributed by atoms with Crippen molar-refractivity contribution >= 4 is 17.6 Å². The first-order chi connectivity index (χ1) is 13.7. The van der Waals surface area contributed by atoms with Crippen LogP contribution in [-0.2, 0) is 4.79 Å². The van der Waals surface area contributed by atoms with Crippen molar-refractivity contribution in [3.63, 3.8) is 0 Å². The summed E-state index contributed by atoms with van der Waals surface area (Å²) in [4.78, 5) is 11.2. The number of hydrogen-bond donors (Lipinski definition) is 1. The zero-order valence-electron chi connectivity index (χ0n) is 18.6. The summed E-state index contributed by atoms with van der Waals surface area (Å²) in [7, 11) is 0. The average molecular weight is 415 g/mol. The van der Waals surface area contributed by atoms with Gasteiger partial charge in [-0.05, 0) is 44.9 Å². The Morgan fingerprint density at radius 1 is 0.714 bits per heavy atom. The third-order valence-corrected chi connectivity index (χ3v) is 5.87. The van der Waals surface area contributed by atoms with Crippen LogP contribution in [0.3, 0.4) is 0 Å².